The Morgan fingerprint density at radius 3 is 2.69 bits per heavy atom. The molecule has 3 aliphatic rings. The average molecular weight is 355 g/mol. The van der Waals surface area contributed by atoms with Crippen LogP contribution < -0.4 is 5.32 Å². The summed E-state index contributed by atoms with van der Waals surface area (Å²) in [5, 5.41) is 3.57. The second-order valence-corrected chi connectivity index (χ2v) is 7.55. The zero-order valence-corrected chi connectivity index (χ0v) is 15.2. The first kappa shape index (κ1) is 17.2. The molecule has 2 fully saturated rings. The first-order chi connectivity index (χ1) is 12.6. The van der Waals surface area contributed by atoms with Gasteiger partial charge in [0.25, 0.3) is 17.7 Å². The van der Waals surface area contributed by atoms with Crippen LogP contribution in [0.5, 0.6) is 0 Å². The smallest absolute Gasteiger partial charge is 0.261 e. The molecule has 1 aromatic rings. The SMILES string of the molecule is CCCCN1C(=O)c2ccc(C(=O)N3CCC4CCC(C3)N4)cc2C1=O. The Labute approximate surface area is 153 Å². The van der Waals surface area contributed by atoms with E-state index in [0.717, 1.165) is 32.2 Å². The molecule has 6 heteroatoms. The molecule has 3 heterocycles. The summed E-state index contributed by atoms with van der Waals surface area (Å²) in [4.78, 5) is 41.2. The van der Waals surface area contributed by atoms with Gasteiger partial charge in [0.15, 0.2) is 0 Å². The standard InChI is InChI=1S/C20H25N3O3/c1-2-3-9-23-19(25)16-7-4-13(11-17(16)20(23)26)18(24)22-10-8-14-5-6-15(12-22)21-14/h4,7,11,14-15,21H,2-3,5-6,8-10,12H2,1H3. The highest BCUT2D eigenvalue weighted by atomic mass is 16.2. The molecule has 2 atom stereocenters. The van der Waals surface area contributed by atoms with Gasteiger partial charge in [0.1, 0.15) is 0 Å². The number of likely N-dealkylation sites (tertiary alicyclic amines) is 1. The molecule has 0 saturated carbocycles. The number of nitrogens with one attached hydrogen (secondary N) is 1. The third-order valence-electron chi connectivity index (χ3n) is 5.76. The molecule has 2 saturated heterocycles. The highest BCUT2D eigenvalue weighted by molar-refractivity contribution is 6.22. The highest BCUT2D eigenvalue weighted by Gasteiger charge is 2.36. The number of hydrogen-bond acceptors (Lipinski definition) is 4. The number of rotatable bonds is 4. The van der Waals surface area contributed by atoms with E-state index < -0.39 is 0 Å². The van der Waals surface area contributed by atoms with Gasteiger partial charge in [-0.2, -0.15) is 0 Å². The summed E-state index contributed by atoms with van der Waals surface area (Å²) >= 11 is 0. The van der Waals surface area contributed by atoms with Crippen LogP contribution >= 0.6 is 0 Å². The Kier molecular flexibility index (Phi) is 4.53. The summed E-state index contributed by atoms with van der Waals surface area (Å²) in [6.07, 6.45) is 4.98. The number of amides is 3. The normalized spacial score (nSPS) is 24.8. The third-order valence-corrected chi connectivity index (χ3v) is 5.76. The minimum Gasteiger partial charge on any atom is -0.337 e. The third kappa shape index (κ3) is 2.92. The van der Waals surface area contributed by atoms with E-state index in [0.29, 0.717) is 41.9 Å². The van der Waals surface area contributed by atoms with Gasteiger partial charge < -0.3 is 10.2 Å². The average Bonchev–Trinajstić information content (AvgIpc) is 3.10. The maximum absolute atomic E-state index is 13.0. The van der Waals surface area contributed by atoms with E-state index in [4.69, 9.17) is 0 Å². The topological polar surface area (TPSA) is 69.7 Å². The van der Waals surface area contributed by atoms with Crippen molar-refractivity contribution in [1.29, 1.82) is 0 Å². The lowest BCUT2D eigenvalue weighted by Gasteiger charge is -2.24. The van der Waals surface area contributed by atoms with Crippen molar-refractivity contribution in [3.8, 4) is 0 Å². The van der Waals surface area contributed by atoms with Crippen LogP contribution in [-0.4, -0.2) is 59.2 Å². The summed E-state index contributed by atoms with van der Waals surface area (Å²) in [6, 6.07) is 5.82. The van der Waals surface area contributed by atoms with Gasteiger partial charge in [-0.25, -0.2) is 0 Å². The van der Waals surface area contributed by atoms with E-state index in [1.807, 2.05) is 11.8 Å². The van der Waals surface area contributed by atoms with Crippen molar-refractivity contribution < 1.29 is 14.4 Å². The number of nitrogens with zero attached hydrogens (tertiary/aromatic N) is 2. The molecule has 138 valence electrons. The van der Waals surface area contributed by atoms with E-state index in [2.05, 4.69) is 5.32 Å². The Hall–Kier alpha value is -2.21. The second kappa shape index (κ2) is 6.83. The lowest BCUT2D eigenvalue weighted by Crippen LogP contribution is -2.39. The molecule has 1 aromatic carbocycles. The fourth-order valence-electron chi connectivity index (χ4n) is 4.25. The van der Waals surface area contributed by atoms with E-state index in [1.165, 1.54) is 11.3 Å². The molecule has 4 rings (SSSR count). The number of hydrogen-bond donors (Lipinski definition) is 1. The van der Waals surface area contributed by atoms with Crippen molar-refractivity contribution in [3.05, 3.63) is 34.9 Å². The van der Waals surface area contributed by atoms with Crippen molar-refractivity contribution in [2.45, 2.75) is 51.1 Å². The van der Waals surface area contributed by atoms with Crippen LogP contribution in [0, 0.1) is 0 Å². The first-order valence-electron chi connectivity index (χ1n) is 9.64. The summed E-state index contributed by atoms with van der Waals surface area (Å²) in [7, 11) is 0. The van der Waals surface area contributed by atoms with Gasteiger partial charge in [-0.1, -0.05) is 13.3 Å². The van der Waals surface area contributed by atoms with Crippen molar-refractivity contribution in [2.75, 3.05) is 19.6 Å². The van der Waals surface area contributed by atoms with E-state index in [9.17, 15) is 14.4 Å². The molecule has 0 radical (unpaired) electrons. The van der Waals surface area contributed by atoms with E-state index in [1.54, 1.807) is 18.2 Å². The Balaban J connectivity index is 1.54. The number of unbranched alkanes of at least 4 members (excludes halogenated alkanes) is 1. The number of benzene rings is 1. The molecule has 2 unspecified atom stereocenters. The zero-order valence-electron chi connectivity index (χ0n) is 15.2. The number of fused-ring (bicyclic) bond motifs is 3. The number of imide groups is 1. The van der Waals surface area contributed by atoms with Crippen LogP contribution in [0.3, 0.4) is 0 Å². The minimum absolute atomic E-state index is 0.0468. The van der Waals surface area contributed by atoms with Crippen LogP contribution in [0.15, 0.2) is 18.2 Å². The monoisotopic (exact) mass is 355 g/mol. The van der Waals surface area contributed by atoms with Gasteiger partial charge in [0.2, 0.25) is 0 Å². The summed E-state index contributed by atoms with van der Waals surface area (Å²) in [5.41, 5.74) is 1.28. The molecule has 0 spiro atoms. The van der Waals surface area contributed by atoms with Crippen LogP contribution in [-0.2, 0) is 0 Å². The zero-order chi connectivity index (χ0) is 18.3. The van der Waals surface area contributed by atoms with Gasteiger partial charge in [0.05, 0.1) is 11.1 Å². The molecule has 0 aliphatic carbocycles. The highest BCUT2D eigenvalue weighted by Crippen LogP contribution is 2.26. The van der Waals surface area contributed by atoms with Gasteiger partial charge >= 0.3 is 0 Å². The molecule has 3 amide bonds. The lowest BCUT2D eigenvalue weighted by molar-refractivity contribution is 0.0652. The molecule has 2 bridgehead atoms. The second-order valence-electron chi connectivity index (χ2n) is 7.55. The van der Waals surface area contributed by atoms with E-state index in [-0.39, 0.29) is 17.7 Å². The maximum Gasteiger partial charge on any atom is 0.261 e. The molecule has 0 aromatic heterocycles. The minimum atomic E-state index is -0.273. The first-order valence-corrected chi connectivity index (χ1v) is 9.64. The molecule has 6 nitrogen and oxygen atoms in total. The van der Waals surface area contributed by atoms with Crippen LogP contribution in [0.25, 0.3) is 0 Å². The Morgan fingerprint density at radius 1 is 1.12 bits per heavy atom. The van der Waals surface area contributed by atoms with Gasteiger partial charge in [0, 0.05) is 37.3 Å². The number of carbonyl (C=O) groups excluding carboxylic acids is 3. The summed E-state index contributed by atoms with van der Waals surface area (Å²) in [6.45, 7) is 3.91. The maximum atomic E-state index is 13.0. The molecule has 1 N–H and O–H groups in total. The van der Waals surface area contributed by atoms with E-state index >= 15 is 0 Å². The summed E-state index contributed by atoms with van der Waals surface area (Å²) < 4.78 is 0. The lowest BCUT2D eigenvalue weighted by atomic mass is 10.0. The van der Waals surface area contributed by atoms with Crippen molar-refractivity contribution in [1.82, 2.24) is 15.1 Å². The molecule has 3 aliphatic heterocycles. The molecular weight excluding hydrogens is 330 g/mol. The van der Waals surface area contributed by atoms with Crippen LogP contribution in [0.2, 0.25) is 0 Å². The van der Waals surface area contributed by atoms with Gasteiger partial charge in [-0.3, -0.25) is 19.3 Å². The van der Waals surface area contributed by atoms with Crippen molar-refractivity contribution in [3.63, 3.8) is 0 Å². The molecule has 26 heavy (non-hydrogen) atoms. The summed E-state index contributed by atoms with van der Waals surface area (Å²) in [5.74, 6) is -0.562. The Morgan fingerprint density at radius 2 is 1.88 bits per heavy atom. The van der Waals surface area contributed by atoms with Crippen molar-refractivity contribution in [2.24, 2.45) is 0 Å². The largest absolute Gasteiger partial charge is 0.337 e. The van der Waals surface area contributed by atoms with Crippen molar-refractivity contribution >= 4 is 17.7 Å². The van der Waals surface area contributed by atoms with Gasteiger partial charge in [-0.05, 0) is 43.9 Å². The van der Waals surface area contributed by atoms with Crippen LogP contribution in [0.1, 0.15) is 70.1 Å². The fraction of sp³-hybridized carbons (Fsp3) is 0.550. The molecular formula is C20H25N3O3. The number of carbonyl (C=O) groups is 3. The Bertz CT molecular complexity index is 761. The van der Waals surface area contributed by atoms with Gasteiger partial charge in [-0.15, -0.1) is 0 Å². The predicted molar refractivity (Wildman–Crippen MR) is 97.2 cm³/mol. The fourth-order valence-corrected chi connectivity index (χ4v) is 4.25. The predicted octanol–water partition coefficient (Wildman–Crippen LogP) is 2.05. The quantitative estimate of drug-likeness (QED) is 0.839. The van der Waals surface area contributed by atoms with Crippen LogP contribution in [0.4, 0.5) is 0 Å².